The normalized spacial score (nSPS) is 11.0. The van der Waals surface area contributed by atoms with Crippen LogP contribution in [0.15, 0.2) is 12.4 Å². The van der Waals surface area contributed by atoms with E-state index in [4.69, 9.17) is 11.6 Å². The molecule has 0 aromatic carbocycles. The Kier molecular flexibility index (Phi) is 2.85. The molecule has 0 saturated carbocycles. The Bertz CT molecular complexity index is 691. The van der Waals surface area contributed by atoms with Gasteiger partial charge in [-0.25, -0.2) is 4.98 Å². The van der Waals surface area contributed by atoms with E-state index in [1.54, 1.807) is 17.5 Å². The molecule has 3 aromatic heterocycles. The van der Waals surface area contributed by atoms with Crippen molar-refractivity contribution < 1.29 is 0 Å². The number of aromatic nitrogens is 5. The predicted octanol–water partition coefficient (Wildman–Crippen LogP) is 2.38. The van der Waals surface area contributed by atoms with Gasteiger partial charge in [-0.15, -0.1) is 11.3 Å². The van der Waals surface area contributed by atoms with Gasteiger partial charge in [0.2, 0.25) is 5.28 Å². The summed E-state index contributed by atoms with van der Waals surface area (Å²) in [6.45, 7) is 2.63. The Morgan fingerprint density at radius 3 is 3.06 bits per heavy atom. The molecule has 0 spiro atoms. The van der Waals surface area contributed by atoms with E-state index in [9.17, 15) is 0 Å². The Hall–Kier alpha value is -1.73. The molecule has 0 aliphatic heterocycles. The SMILES string of the molecule is Cc1ncc(CNc2nc(Cl)nc3[nH]ncc23)s1. The average molecular weight is 281 g/mol. The van der Waals surface area contributed by atoms with Crippen molar-refractivity contribution in [1.29, 1.82) is 0 Å². The molecule has 0 amide bonds. The molecule has 8 heteroatoms. The largest absolute Gasteiger partial charge is 0.364 e. The fourth-order valence-corrected chi connectivity index (χ4v) is 2.50. The van der Waals surface area contributed by atoms with E-state index in [1.807, 2.05) is 13.1 Å². The minimum atomic E-state index is 0.190. The van der Waals surface area contributed by atoms with E-state index in [0.29, 0.717) is 18.0 Å². The van der Waals surface area contributed by atoms with Crippen LogP contribution in [0.1, 0.15) is 9.88 Å². The van der Waals surface area contributed by atoms with E-state index < -0.39 is 0 Å². The highest BCUT2D eigenvalue weighted by Crippen LogP contribution is 2.21. The first-order valence-corrected chi connectivity index (χ1v) is 6.43. The number of aryl methyl sites for hydroxylation is 1. The lowest BCUT2D eigenvalue weighted by Crippen LogP contribution is -2.01. The van der Waals surface area contributed by atoms with Gasteiger partial charge in [0, 0.05) is 11.1 Å². The predicted molar refractivity (Wildman–Crippen MR) is 70.9 cm³/mol. The number of hydrogen-bond donors (Lipinski definition) is 2. The van der Waals surface area contributed by atoms with Gasteiger partial charge in [0.25, 0.3) is 0 Å². The van der Waals surface area contributed by atoms with Gasteiger partial charge >= 0.3 is 0 Å². The van der Waals surface area contributed by atoms with E-state index >= 15 is 0 Å². The Morgan fingerprint density at radius 2 is 2.28 bits per heavy atom. The van der Waals surface area contributed by atoms with E-state index in [1.165, 1.54) is 0 Å². The zero-order valence-electron chi connectivity index (χ0n) is 9.44. The van der Waals surface area contributed by atoms with Gasteiger partial charge in [-0.2, -0.15) is 15.1 Å². The summed E-state index contributed by atoms with van der Waals surface area (Å²) in [4.78, 5) is 13.5. The summed E-state index contributed by atoms with van der Waals surface area (Å²) >= 11 is 7.49. The van der Waals surface area contributed by atoms with Gasteiger partial charge in [0.15, 0.2) is 5.65 Å². The molecule has 0 bridgehead atoms. The lowest BCUT2D eigenvalue weighted by Gasteiger charge is -2.04. The summed E-state index contributed by atoms with van der Waals surface area (Å²) in [6.07, 6.45) is 3.52. The zero-order chi connectivity index (χ0) is 12.5. The van der Waals surface area contributed by atoms with Crippen molar-refractivity contribution in [1.82, 2.24) is 25.1 Å². The van der Waals surface area contributed by atoms with E-state index in [0.717, 1.165) is 15.3 Å². The molecule has 0 aliphatic rings. The smallest absolute Gasteiger partial charge is 0.226 e. The molecular weight excluding hydrogens is 272 g/mol. The second-order valence-electron chi connectivity index (χ2n) is 3.67. The first-order valence-electron chi connectivity index (χ1n) is 5.24. The number of nitrogens with zero attached hydrogens (tertiary/aromatic N) is 4. The van der Waals surface area contributed by atoms with Crippen molar-refractivity contribution in [3.63, 3.8) is 0 Å². The monoisotopic (exact) mass is 280 g/mol. The van der Waals surface area contributed by atoms with Gasteiger partial charge in [0.05, 0.1) is 23.1 Å². The first-order chi connectivity index (χ1) is 8.72. The zero-order valence-corrected chi connectivity index (χ0v) is 11.0. The van der Waals surface area contributed by atoms with Crippen LogP contribution in [-0.4, -0.2) is 25.1 Å². The quantitative estimate of drug-likeness (QED) is 0.720. The van der Waals surface area contributed by atoms with Crippen molar-refractivity contribution in [2.24, 2.45) is 0 Å². The number of H-pyrrole nitrogens is 1. The van der Waals surface area contributed by atoms with Gasteiger partial charge < -0.3 is 5.32 Å². The molecule has 18 heavy (non-hydrogen) atoms. The van der Waals surface area contributed by atoms with Crippen molar-refractivity contribution in [2.75, 3.05) is 5.32 Å². The maximum Gasteiger partial charge on any atom is 0.226 e. The van der Waals surface area contributed by atoms with E-state index in [2.05, 4.69) is 30.5 Å². The molecule has 3 aromatic rings. The number of halogens is 1. The number of hydrogen-bond acceptors (Lipinski definition) is 6. The van der Waals surface area contributed by atoms with Crippen LogP contribution in [0.25, 0.3) is 11.0 Å². The molecule has 92 valence electrons. The van der Waals surface area contributed by atoms with Crippen LogP contribution in [-0.2, 0) is 6.54 Å². The van der Waals surface area contributed by atoms with Crippen LogP contribution in [0.2, 0.25) is 5.28 Å². The minimum Gasteiger partial charge on any atom is -0.364 e. The Labute approximate surface area is 111 Å². The van der Waals surface area contributed by atoms with Crippen molar-refractivity contribution in [2.45, 2.75) is 13.5 Å². The molecule has 3 heterocycles. The molecule has 0 unspecified atom stereocenters. The molecule has 0 saturated heterocycles. The number of rotatable bonds is 3. The van der Waals surface area contributed by atoms with Crippen molar-refractivity contribution in [3.05, 3.63) is 27.6 Å². The summed E-state index contributed by atoms with van der Waals surface area (Å²) < 4.78 is 0. The summed E-state index contributed by atoms with van der Waals surface area (Å²) in [7, 11) is 0. The van der Waals surface area contributed by atoms with Crippen LogP contribution < -0.4 is 5.32 Å². The summed E-state index contributed by atoms with van der Waals surface area (Å²) in [6, 6.07) is 0. The Morgan fingerprint density at radius 1 is 1.39 bits per heavy atom. The number of nitrogens with one attached hydrogen (secondary N) is 2. The summed E-state index contributed by atoms with van der Waals surface area (Å²) in [5.74, 6) is 0.671. The highest BCUT2D eigenvalue weighted by Gasteiger charge is 2.08. The second kappa shape index (κ2) is 4.51. The fourth-order valence-electron chi connectivity index (χ4n) is 1.60. The third kappa shape index (κ3) is 2.14. The lowest BCUT2D eigenvalue weighted by atomic mass is 10.4. The maximum absolute atomic E-state index is 5.85. The third-order valence-electron chi connectivity index (χ3n) is 2.38. The molecule has 0 aliphatic carbocycles. The number of aromatic amines is 1. The lowest BCUT2D eigenvalue weighted by molar-refractivity contribution is 1.08. The topological polar surface area (TPSA) is 79.4 Å². The molecule has 0 radical (unpaired) electrons. The Balaban J connectivity index is 1.87. The number of anilines is 1. The molecule has 2 N–H and O–H groups in total. The van der Waals surface area contributed by atoms with Crippen LogP contribution >= 0.6 is 22.9 Å². The van der Waals surface area contributed by atoms with E-state index in [-0.39, 0.29) is 5.28 Å². The average Bonchev–Trinajstić information content (AvgIpc) is 2.94. The number of fused-ring (bicyclic) bond motifs is 1. The van der Waals surface area contributed by atoms with Crippen LogP contribution in [0.3, 0.4) is 0 Å². The standard InChI is InChI=1S/C10H9ClN6S/c1-5-12-2-6(18-5)3-13-8-7-4-14-17-9(7)16-10(11)15-8/h2,4H,3H2,1H3,(H2,13,14,15,16,17). The number of thiazole rings is 1. The molecule has 6 nitrogen and oxygen atoms in total. The fraction of sp³-hybridized carbons (Fsp3) is 0.200. The molecule has 3 rings (SSSR count). The second-order valence-corrected chi connectivity index (χ2v) is 5.33. The van der Waals surface area contributed by atoms with Gasteiger partial charge in [0.1, 0.15) is 5.82 Å². The van der Waals surface area contributed by atoms with Gasteiger partial charge in [-0.1, -0.05) is 0 Å². The first kappa shape index (κ1) is 11.4. The molecular formula is C10H9ClN6S. The summed E-state index contributed by atoms with van der Waals surface area (Å²) in [5, 5.41) is 12.0. The van der Waals surface area contributed by atoms with Crippen LogP contribution in [0.5, 0.6) is 0 Å². The minimum absolute atomic E-state index is 0.190. The third-order valence-corrected chi connectivity index (χ3v) is 3.46. The van der Waals surface area contributed by atoms with Crippen molar-refractivity contribution in [3.8, 4) is 0 Å². The van der Waals surface area contributed by atoms with Gasteiger partial charge in [-0.05, 0) is 18.5 Å². The highest BCUT2D eigenvalue weighted by atomic mass is 35.5. The molecule has 0 fully saturated rings. The highest BCUT2D eigenvalue weighted by molar-refractivity contribution is 7.11. The van der Waals surface area contributed by atoms with Crippen LogP contribution in [0, 0.1) is 6.92 Å². The molecule has 0 atom stereocenters. The van der Waals surface area contributed by atoms with Crippen molar-refractivity contribution >= 4 is 39.8 Å². The summed E-state index contributed by atoms with van der Waals surface area (Å²) in [5.41, 5.74) is 0.623. The van der Waals surface area contributed by atoms with Crippen LogP contribution in [0.4, 0.5) is 5.82 Å². The maximum atomic E-state index is 5.85. The van der Waals surface area contributed by atoms with Gasteiger partial charge in [-0.3, -0.25) is 5.10 Å².